The summed E-state index contributed by atoms with van der Waals surface area (Å²) in [5.74, 6) is 0.154. The van der Waals surface area contributed by atoms with E-state index in [1.54, 1.807) is 10.9 Å². The molecule has 17 heavy (non-hydrogen) atoms. The van der Waals surface area contributed by atoms with Crippen LogP contribution in [0.15, 0.2) is 42.7 Å². The predicted octanol–water partition coefficient (Wildman–Crippen LogP) is 1.64. The normalized spacial score (nSPS) is 10.2. The number of hydrogen-bond acceptors (Lipinski definition) is 3. The second kappa shape index (κ2) is 5.30. The van der Waals surface area contributed by atoms with Gasteiger partial charge in [-0.05, 0) is 17.7 Å². The van der Waals surface area contributed by atoms with Gasteiger partial charge in [-0.15, -0.1) is 0 Å². The molecule has 0 radical (unpaired) electrons. The Morgan fingerprint density at radius 1 is 1.35 bits per heavy atom. The van der Waals surface area contributed by atoms with Gasteiger partial charge >= 0.3 is 0 Å². The lowest BCUT2D eigenvalue weighted by molar-refractivity contribution is -0.116. The Bertz CT molecular complexity index is 490. The molecule has 0 unspecified atom stereocenters. The van der Waals surface area contributed by atoms with Crippen LogP contribution >= 0.6 is 0 Å². The van der Waals surface area contributed by atoms with E-state index in [1.807, 2.05) is 43.6 Å². The van der Waals surface area contributed by atoms with Crippen molar-refractivity contribution < 1.29 is 4.79 Å². The number of hydrogen-bond donors (Lipinski definition) is 1. The molecule has 1 heterocycles. The Hall–Kier alpha value is -2.10. The fraction of sp³-hybridized carbons (Fsp3) is 0.231. The number of benzene rings is 1. The van der Waals surface area contributed by atoms with Gasteiger partial charge in [0.05, 0.1) is 12.7 Å². The largest absolute Gasteiger partial charge is 0.378 e. The van der Waals surface area contributed by atoms with E-state index in [1.165, 1.54) is 0 Å². The van der Waals surface area contributed by atoms with E-state index in [-0.39, 0.29) is 5.78 Å². The number of nitrogens with one attached hydrogen (secondary N) is 1. The van der Waals surface area contributed by atoms with Crippen LogP contribution in [0.3, 0.4) is 0 Å². The molecule has 1 N–H and O–H groups in total. The molecule has 0 aliphatic heterocycles. The van der Waals surface area contributed by atoms with Gasteiger partial charge in [0.2, 0.25) is 0 Å². The summed E-state index contributed by atoms with van der Waals surface area (Å²) < 4.78 is 1.70. The molecule has 4 nitrogen and oxygen atoms in total. The van der Waals surface area contributed by atoms with Crippen molar-refractivity contribution >= 4 is 11.5 Å². The highest BCUT2D eigenvalue weighted by molar-refractivity contribution is 5.84. The molecule has 0 fully saturated rings. The smallest absolute Gasteiger partial charge is 0.156 e. The van der Waals surface area contributed by atoms with Gasteiger partial charge in [0, 0.05) is 25.4 Å². The van der Waals surface area contributed by atoms with E-state index in [0.717, 1.165) is 11.3 Å². The molecule has 88 valence electrons. The number of para-hydroxylation sites is 1. The van der Waals surface area contributed by atoms with Gasteiger partial charge in [-0.3, -0.25) is 9.48 Å². The minimum atomic E-state index is 0.154. The predicted molar refractivity (Wildman–Crippen MR) is 66.9 cm³/mol. The van der Waals surface area contributed by atoms with E-state index in [9.17, 15) is 4.79 Å². The van der Waals surface area contributed by atoms with E-state index in [2.05, 4.69) is 10.4 Å². The lowest BCUT2D eigenvalue weighted by Crippen LogP contribution is -2.15. The van der Waals surface area contributed by atoms with Crippen molar-refractivity contribution in [1.29, 1.82) is 0 Å². The summed E-state index contributed by atoms with van der Waals surface area (Å²) in [5, 5.41) is 7.13. The third kappa shape index (κ3) is 3.45. The average Bonchev–Trinajstić information content (AvgIpc) is 2.73. The van der Waals surface area contributed by atoms with Crippen LogP contribution in [-0.2, 0) is 18.3 Å². The SMILES string of the molecule is Cn1cc(CC(=O)CNc2ccccc2)cn1. The van der Waals surface area contributed by atoms with Gasteiger partial charge < -0.3 is 5.32 Å². The van der Waals surface area contributed by atoms with E-state index in [0.29, 0.717) is 13.0 Å². The molecule has 0 bridgehead atoms. The van der Waals surface area contributed by atoms with Crippen LogP contribution in [0.25, 0.3) is 0 Å². The number of anilines is 1. The first-order valence-electron chi connectivity index (χ1n) is 5.52. The Morgan fingerprint density at radius 2 is 2.12 bits per heavy atom. The fourth-order valence-electron chi connectivity index (χ4n) is 1.61. The maximum absolute atomic E-state index is 11.7. The average molecular weight is 229 g/mol. The molecular formula is C13H15N3O. The molecule has 0 amide bonds. The monoisotopic (exact) mass is 229 g/mol. The van der Waals surface area contributed by atoms with E-state index in [4.69, 9.17) is 0 Å². The lowest BCUT2D eigenvalue weighted by Gasteiger charge is -2.04. The molecule has 2 rings (SSSR count). The van der Waals surface area contributed by atoms with Crippen LogP contribution in [-0.4, -0.2) is 22.1 Å². The van der Waals surface area contributed by atoms with Crippen LogP contribution in [0.5, 0.6) is 0 Å². The maximum Gasteiger partial charge on any atom is 0.156 e. The zero-order chi connectivity index (χ0) is 12.1. The summed E-state index contributed by atoms with van der Waals surface area (Å²) in [5.41, 5.74) is 1.92. The number of aryl methyl sites for hydroxylation is 1. The van der Waals surface area contributed by atoms with Crippen molar-refractivity contribution in [3.05, 3.63) is 48.3 Å². The van der Waals surface area contributed by atoms with Crippen molar-refractivity contribution in [1.82, 2.24) is 9.78 Å². The second-order valence-corrected chi connectivity index (χ2v) is 3.96. The first-order valence-corrected chi connectivity index (χ1v) is 5.52. The Morgan fingerprint density at radius 3 is 2.76 bits per heavy atom. The van der Waals surface area contributed by atoms with Crippen molar-refractivity contribution in [3.8, 4) is 0 Å². The summed E-state index contributed by atoms with van der Waals surface area (Å²) >= 11 is 0. The van der Waals surface area contributed by atoms with Crippen LogP contribution in [0.2, 0.25) is 0 Å². The molecule has 1 aromatic heterocycles. The Labute approximate surface area is 100 Å². The number of rotatable bonds is 5. The van der Waals surface area contributed by atoms with Crippen LogP contribution in [0.1, 0.15) is 5.56 Å². The van der Waals surface area contributed by atoms with Crippen molar-refractivity contribution in [2.24, 2.45) is 7.05 Å². The molecule has 0 saturated carbocycles. The molecule has 0 spiro atoms. The van der Waals surface area contributed by atoms with Gasteiger partial charge in [0.1, 0.15) is 0 Å². The highest BCUT2D eigenvalue weighted by atomic mass is 16.1. The topological polar surface area (TPSA) is 46.9 Å². The molecule has 2 aromatic rings. The molecule has 4 heteroatoms. The maximum atomic E-state index is 11.7. The number of ketones is 1. The second-order valence-electron chi connectivity index (χ2n) is 3.96. The van der Waals surface area contributed by atoms with Crippen LogP contribution in [0, 0.1) is 0 Å². The fourth-order valence-corrected chi connectivity index (χ4v) is 1.61. The molecule has 0 aliphatic carbocycles. The molecular weight excluding hydrogens is 214 g/mol. The minimum Gasteiger partial charge on any atom is -0.378 e. The van der Waals surface area contributed by atoms with Crippen molar-refractivity contribution in [2.75, 3.05) is 11.9 Å². The third-order valence-corrected chi connectivity index (χ3v) is 2.42. The number of nitrogens with zero attached hydrogens (tertiary/aromatic N) is 2. The standard InChI is InChI=1S/C13H15N3O/c1-16-10-11(8-15-16)7-13(17)9-14-12-5-3-2-4-6-12/h2-6,8,10,14H,7,9H2,1H3. The van der Waals surface area contributed by atoms with E-state index < -0.39 is 0 Å². The third-order valence-electron chi connectivity index (χ3n) is 2.42. The van der Waals surface area contributed by atoms with Gasteiger partial charge in [-0.25, -0.2) is 0 Å². The summed E-state index contributed by atoms with van der Waals surface area (Å²) in [6, 6.07) is 9.71. The first kappa shape index (κ1) is 11.4. The summed E-state index contributed by atoms with van der Waals surface area (Å²) in [7, 11) is 1.84. The highest BCUT2D eigenvalue weighted by Gasteiger charge is 2.05. The zero-order valence-corrected chi connectivity index (χ0v) is 9.76. The summed E-state index contributed by atoms with van der Waals surface area (Å²) in [6.45, 7) is 0.346. The van der Waals surface area contributed by atoms with Gasteiger partial charge in [0.15, 0.2) is 5.78 Å². The Kier molecular flexibility index (Phi) is 3.55. The van der Waals surface area contributed by atoms with Crippen molar-refractivity contribution in [2.45, 2.75) is 6.42 Å². The number of carbonyl (C=O) groups is 1. The first-order chi connectivity index (χ1) is 8.24. The lowest BCUT2D eigenvalue weighted by atomic mass is 10.2. The number of Topliss-reactive ketones (excluding diaryl/α,β-unsaturated/α-hetero) is 1. The molecule has 0 atom stereocenters. The Balaban J connectivity index is 1.82. The summed E-state index contributed by atoms with van der Waals surface area (Å²) in [6.07, 6.45) is 4.01. The number of carbonyl (C=O) groups excluding carboxylic acids is 1. The molecule has 1 aromatic carbocycles. The minimum absolute atomic E-state index is 0.154. The quantitative estimate of drug-likeness (QED) is 0.848. The van der Waals surface area contributed by atoms with Gasteiger partial charge in [-0.2, -0.15) is 5.10 Å². The zero-order valence-electron chi connectivity index (χ0n) is 9.76. The van der Waals surface area contributed by atoms with Gasteiger partial charge in [0.25, 0.3) is 0 Å². The molecule has 0 saturated heterocycles. The van der Waals surface area contributed by atoms with E-state index >= 15 is 0 Å². The van der Waals surface area contributed by atoms with Crippen LogP contribution in [0.4, 0.5) is 5.69 Å². The molecule has 0 aliphatic rings. The van der Waals surface area contributed by atoms with Gasteiger partial charge in [-0.1, -0.05) is 18.2 Å². The van der Waals surface area contributed by atoms with Crippen molar-refractivity contribution in [3.63, 3.8) is 0 Å². The van der Waals surface area contributed by atoms with Crippen LogP contribution < -0.4 is 5.32 Å². The number of aromatic nitrogens is 2. The highest BCUT2D eigenvalue weighted by Crippen LogP contribution is 2.05. The summed E-state index contributed by atoms with van der Waals surface area (Å²) in [4.78, 5) is 11.7.